The third kappa shape index (κ3) is 3.01. The van der Waals surface area contributed by atoms with E-state index in [-0.39, 0.29) is 5.92 Å². The van der Waals surface area contributed by atoms with Crippen molar-refractivity contribution in [3.63, 3.8) is 0 Å². The van der Waals surface area contributed by atoms with E-state index in [0.717, 1.165) is 30.6 Å². The van der Waals surface area contributed by atoms with Crippen LogP contribution in [0.4, 0.5) is 0 Å². The summed E-state index contributed by atoms with van der Waals surface area (Å²) in [5, 5.41) is 11.4. The highest BCUT2D eigenvalue weighted by Gasteiger charge is 2.48. The van der Waals surface area contributed by atoms with E-state index in [1.165, 1.54) is 36.8 Å². The maximum absolute atomic E-state index is 11.4. The minimum absolute atomic E-state index is 0.243. The molecule has 3 aliphatic rings. The largest absolute Gasteiger partial charge is 0.389 e. The van der Waals surface area contributed by atoms with Gasteiger partial charge in [0, 0.05) is 5.92 Å². The summed E-state index contributed by atoms with van der Waals surface area (Å²) in [6.07, 6.45) is 14.5. The van der Waals surface area contributed by atoms with Gasteiger partial charge in [0.25, 0.3) is 0 Å². The van der Waals surface area contributed by atoms with E-state index in [1.54, 1.807) is 0 Å². The highest BCUT2D eigenvalue weighted by molar-refractivity contribution is 5.75. The molecule has 25 heavy (non-hydrogen) atoms. The van der Waals surface area contributed by atoms with E-state index in [9.17, 15) is 5.11 Å². The molecule has 1 heteroatoms. The summed E-state index contributed by atoms with van der Waals surface area (Å²) in [4.78, 5) is 0. The van der Waals surface area contributed by atoms with E-state index < -0.39 is 5.60 Å². The van der Waals surface area contributed by atoms with E-state index in [2.05, 4.69) is 62.4 Å². The number of hydrogen-bond acceptors (Lipinski definition) is 1. The Balaban J connectivity index is 1.68. The van der Waals surface area contributed by atoms with Gasteiger partial charge in [-0.25, -0.2) is 0 Å². The summed E-state index contributed by atoms with van der Waals surface area (Å²) < 4.78 is 0. The third-order valence-corrected chi connectivity index (χ3v) is 7.51. The fourth-order valence-electron chi connectivity index (χ4n) is 5.93. The van der Waals surface area contributed by atoms with Crippen molar-refractivity contribution in [2.24, 2.45) is 29.6 Å². The summed E-state index contributed by atoms with van der Waals surface area (Å²) in [5.74, 6) is 3.38. The molecule has 0 heterocycles. The van der Waals surface area contributed by atoms with Gasteiger partial charge in [-0.1, -0.05) is 68.8 Å². The molecule has 2 fully saturated rings. The van der Waals surface area contributed by atoms with Gasteiger partial charge >= 0.3 is 0 Å². The Morgan fingerprint density at radius 2 is 1.80 bits per heavy atom. The normalized spacial score (nSPS) is 34.4. The van der Waals surface area contributed by atoms with Crippen molar-refractivity contribution < 1.29 is 5.11 Å². The SMILES string of the molecule is CCC(O)(CC)[C@H]1C=C(c2ccccc2)C=C[C@@H]1[C@H]1C[C@@H]2CC[C@H]1C2. The van der Waals surface area contributed by atoms with Crippen LogP contribution in [-0.2, 0) is 0 Å². The molecule has 0 spiro atoms. The molecular weight excluding hydrogens is 304 g/mol. The van der Waals surface area contributed by atoms with Crippen LogP contribution in [0.5, 0.6) is 0 Å². The molecule has 1 N–H and O–H groups in total. The minimum Gasteiger partial charge on any atom is -0.389 e. The summed E-state index contributed by atoms with van der Waals surface area (Å²) in [6, 6.07) is 10.6. The van der Waals surface area contributed by atoms with Crippen LogP contribution in [0.2, 0.25) is 0 Å². The van der Waals surface area contributed by atoms with Gasteiger partial charge in [-0.05, 0) is 66.9 Å². The molecule has 0 unspecified atom stereocenters. The van der Waals surface area contributed by atoms with Crippen molar-refractivity contribution >= 4 is 5.57 Å². The second kappa shape index (κ2) is 6.76. The first kappa shape index (κ1) is 17.1. The van der Waals surface area contributed by atoms with E-state index in [1.807, 2.05) is 0 Å². The molecule has 2 saturated carbocycles. The first-order valence-electron chi connectivity index (χ1n) is 10.3. The molecule has 1 nitrogen and oxygen atoms in total. The Morgan fingerprint density at radius 3 is 2.40 bits per heavy atom. The van der Waals surface area contributed by atoms with Crippen LogP contribution in [0.1, 0.15) is 57.9 Å². The number of aliphatic hydroxyl groups is 1. The van der Waals surface area contributed by atoms with Gasteiger partial charge in [-0.3, -0.25) is 0 Å². The molecule has 3 aliphatic carbocycles. The second-order valence-electron chi connectivity index (χ2n) is 8.60. The van der Waals surface area contributed by atoms with Crippen LogP contribution in [0, 0.1) is 29.6 Å². The highest BCUT2D eigenvalue weighted by atomic mass is 16.3. The van der Waals surface area contributed by atoms with Crippen molar-refractivity contribution in [2.45, 2.75) is 58.0 Å². The van der Waals surface area contributed by atoms with Crippen LogP contribution in [0.25, 0.3) is 5.57 Å². The maximum atomic E-state index is 11.4. The van der Waals surface area contributed by atoms with Crippen LogP contribution in [-0.4, -0.2) is 10.7 Å². The number of allylic oxidation sites excluding steroid dienone is 3. The van der Waals surface area contributed by atoms with Crippen molar-refractivity contribution in [3.05, 3.63) is 54.1 Å². The molecular formula is C24H32O. The molecule has 1 aromatic carbocycles. The third-order valence-electron chi connectivity index (χ3n) is 7.51. The first-order valence-corrected chi connectivity index (χ1v) is 10.3. The topological polar surface area (TPSA) is 20.2 Å². The summed E-state index contributed by atoms with van der Waals surface area (Å²) in [7, 11) is 0. The fraction of sp³-hybridized carbons (Fsp3) is 0.583. The van der Waals surface area contributed by atoms with Crippen LogP contribution in [0.15, 0.2) is 48.6 Å². The van der Waals surface area contributed by atoms with Gasteiger partial charge in [-0.2, -0.15) is 0 Å². The molecule has 0 aromatic heterocycles. The number of benzene rings is 1. The molecule has 0 amide bonds. The summed E-state index contributed by atoms with van der Waals surface area (Å²) >= 11 is 0. The van der Waals surface area contributed by atoms with E-state index in [4.69, 9.17) is 0 Å². The fourth-order valence-corrected chi connectivity index (χ4v) is 5.93. The molecule has 0 aliphatic heterocycles. The van der Waals surface area contributed by atoms with E-state index >= 15 is 0 Å². The maximum Gasteiger partial charge on any atom is 0.0710 e. The lowest BCUT2D eigenvalue weighted by Crippen LogP contribution is -2.43. The zero-order chi connectivity index (χ0) is 17.4. The molecule has 5 atom stereocenters. The molecule has 134 valence electrons. The van der Waals surface area contributed by atoms with Crippen molar-refractivity contribution in [1.82, 2.24) is 0 Å². The van der Waals surface area contributed by atoms with Crippen LogP contribution < -0.4 is 0 Å². The number of rotatable bonds is 5. The van der Waals surface area contributed by atoms with Gasteiger partial charge in [-0.15, -0.1) is 0 Å². The average Bonchev–Trinajstić information content (AvgIpc) is 3.31. The van der Waals surface area contributed by atoms with Gasteiger partial charge in [0.2, 0.25) is 0 Å². The van der Waals surface area contributed by atoms with Crippen molar-refractivity contribution in [1.29, 1.82) is 0 Å². The van der Waals surface area contributed by atoms with Gasteiger partial charge in [0.05, 0.1) is 5.60 Å². The Labute approximate surface area is 152 Å². The van der Waals surface area contributed by atoms with Crippen LogP contribution >= 0.6 is 0 Å². The molecule has 2 bridgehead atoms. The average molecular weight is 337 g/mol. The summed E-state index contributed by atoms with van der Waals surface area (Å²) in [5.41, 5.74) is 1.96. The van der Waals surface area contributed by atoms with Gasteiger partial charge < -0.3 is 5.11 Å². The molecule has 0 radical (unpaired) electrons. The van der Waals surface area contributed by atoms with Crippen molar-refractivity contribution in [2.75, 3.05) is 0 Å². The number of fused-ring (bicyclic) bond motifs is 2. The van der Waals surface area contributed by atoms with Gasteiger partial charge in [0.1, 0.15) is 0 Å². The molecule has 0 saturated heterocycles. The lowest BCUT2D eigenvalue weighted by molar-refractivity contribution is -0.0351. The zero-order valence-electron chi connectivity index (χ0n) is 15.7. The Hall–Kier alpha value is -1.34. The standard InChI is InChI=1S/C24H32O/c1-3-24(25,4-2)23-16-19(18-8-6-5-7-9-18)12-13-21(23)22-15-17-10-11-20(22)14-17/h5-9,12-13,16-17,20-23,25H,3-4,10-11,14-15H2,1-2H3/t17-,20+,21-,22+,23+/m1/s1. The van der Waals surface area contributed by atoms with Gasteiger partial charge in [0.15, 0.2) is 0 Å². The Bertz CT molecular complexity index is 652. The number of hydrogen-bond donors (Lipinski definition) is 1. The molecule has 1 aromatic rings. The Morgan fingerprint density at radius 1 is 1.04 bits per heavy atom. The minimum atomic E-state index is -0.586. The van der Waals surface area contributed by atoms with Crippen LogP contribution in [0.3, 0.4) is 0 Å². The summed E-state index contributed by atoms with van der Waals surface area (Å²) in [6.45, 7) is 4.30. The monoisotopic (exact) mass is 336 g/mol. The zero-order valence-corrected chi connectivity index (χ0v) is 15.7. The highest BCUT2D eigenvalue weighted by Crippen LogP contribution is 2.55. The second-order valence-corrected chi connectivity index (χ2v) is 8.60. The smallest absolute Gasteiger partial charge is 0.0710 e. The predicted octanol–water partition coefficient (Wildman–Crippen LogP) is 5.86. The van der Waals surface area contributed by atoms with Crippen molar-refractivity contribution in [3.8, 4) is 0 Å². The lowest BCUT2D eigenvalue weighted by Gasteiger charge is -2.43. The van der Waals surface area contributed by atoms with E-state index in [0.29, 0.717) is 5.92 Å². The lowest BCUT2D eigenvalue weighted by atomic mass is 9.64. The molecule has 4 rings (SSSR count). The Kier molecular flexibility index (Phi) is 4.62. The predicted molar refractivity (Wildman–Crippen MR) is 105 cm³/mol. The quantitative estimate of drug-likeness (QED) is 0.714. The first-order chi connectivity index (χ1) is 12.1.